The Bertz CT molecular complexity index is 954. The van der Waals surface area contributed by atoms with Crippen molar-refractivity contribution in [2.75, 3.05) is 32.6 Å². The number of methoxy groups -OCH3 is 2. The molecule has 31 heavy (non-hydrogen) atoms. The predicted octanol–water partition coefficient (Wildman–Crippen LogP) is 4.19. The summed E-state index contributed by atoms with van der Waals surface area (Å²) in [6.07, 6.45) is -0.695. The Morgan fingerprint density at radius 3 is 2.48 bits per heavy atom. The van der Waals surface area contributed by atoms with E-state index in [-0.39, 0.29) is 23.7 Å². The van der Waals surface area contributed by atoms with Crippen LogP contribution in [0, 0.1) is 0 Å². The lowest BCUT2D eigenvalue weighted by Gasteiger charge is -2.34. The minimum Gasteiger partial charge on any atom is -0.493 e. The number of piperidine rings is 1. The number of likely N-dealkylation sites (tertiary alicyclic amines) is 1. The lowest BCUT2D eigenvalue weighted by Crippen LogP contribution is -2.38. The molecule has 0 spiro atoms. The fourth-order valence-electron chi connectivity index (χ4n) is 4.27. The molecule has 0 aliphatic carbocycles. The number of alkyl halides is 3. The van der Waals surface area contributed by atoms with Gasteiger partial charge in [-0.3, -0.25) is 4.79 Å². The van der Waals surface area contributed by atoms with Crippen molar-refractivity contribution in [3.8, 4) is 11.5 Å². The largest absolute Gasteiger partial charge is 0.493 e. The number of benzene rings is 1. The van der Waals surface area contributed by atoms with Crippen molar-refractivity contribution in [2.45, 2.75) is 43.9 Å². The van der Waals surface area contributed by atoms with E-state index in [1.54, 1.807) is 23.1 Å². The van der Waals surface area contributed by atoms with Gasteiger partial charge in [-0.05, 0) is 37.0 Å². The summed E-state index contributed by atoms with van der Waals surface area (Å²) in [5.41, 5.74) is 0.775. The lowest BCUT2D eigenvalue weighted by molar-refractivity contribution is -0.173. The first-order valence-corrected chi connectivity index (χ1v) is 10.3. The zero-order chi connectivity index (χ0) is 22.2. The number of ether oxygens (including phenoxy) is 2. The number of amides is 1. The summed E-state index contributed by atoms with van der Waals surface area (Å²) in [6.45, 7) is 1.20. The minimum atomic E-state index is -4.51. The smallest absolute Gasteiger partial charge is 0.410 e. The number of carbonyl (C=O) groups excluding carboxylic acids is 1. The molecule has 1 amide bonds. The molecule has 0 unspecified atom stereocenters. The van der Waals surface area contributed by atoms with Crippen molar-refractivity contribution in [1.82, 2.24) is 14.7 Å². The van der Waals surface area contributed by atoms with Crippen LogP contribution >= 0.6 is 0 Å². The molecule has 168 valence electrons. The predicted molar refractivity (Wildman–Crippen MR) is 108 cm³/mol. The van der Waals surface area contributed by atoms with Crippen molar-refractivity contribution in [2.24, 2.45) is 0 Å². The van der Waals surface area contributed by atoms with Crippen LogP contribution in [0.3, 0.4) is 0 Å². The van der Waals surface area contributed by atoms with E-state index in [9.17, 15) is 18.0 Å². The van der Waals surface area contributed by atoms with Gasteiger partial charge in [-0.1, -0.05) is 6.07 Å². The number of halogens is 3. The molecule has 3 heterocycles. The van der Waals surface area contributed by atoms with Crippen molar-refractivity contribution >= 4 is 11.7 Å². The number of rotatable bonds is 4. The maximum absolute atomic E-state index is 13.9. The highest BCUT2D eigenvalue weighted by Gasteiger charge is 2.47. The topological polar surface area (TPSA) is 68.6 Å². The van der Waals surface area contributed by atoms with Gasteiger partial charge < -0.3 is 19.7 Å². The molecular weight excluding hydrogens is 413 g/mol. The first-order chi connectivity index (χ1) is 14.8. The number of nitrogens with one attached hydrogen (secondary N) is 1. The Morgan fingerprint density at radius 1 is 1.13 bits per heavy atom. The zero-order valence-electron chi connectivity index (χ0n) is 17.4. The van der Waals surface area contributed by atoms with Crippen LogP contribution in [0.15, 0.2) is 24.4 Å². The van der Waals surface area contributed by atoms with Gasteiger partial charge in [0.2, 0.25) is 0 Å². The maximum Gasteiger partial charge on any atom is 0.410 e. The van der Waals surface area contributed by atoms with Crippen LogP contribution in [0.5, 0.6) is 11.5 Å². The van der Waals surface area contributed by atoms with Crippen molar-refractivity contribution in [3.63, 3.8) is 0 Å². The average molecular weight is 438 g/mol. The number of hydrogen-bond donors (Lipinski definition) is 1. The standard InChI is InChI=1S/C21H25F3N4O3/c1-30-16-7-6-13(10-17(16)31-2)15-11-18(21(22,23)24)28-19(26-15)14(12-25-28)20(29)27-8-4-3-5-9-27/h6-7,10,12,15,18,26H,3-5,8-9,11H2,1-2H3/t15-,18-/m0/s1. The summed E-state index contributed by atoms with van der Waals surface area (Å²) >= 11 is 0. The first-order valence-electron chi connectivity index (χ1n) is 10.3. The molecule has 4 rings (SSSR count). The number of fused-ring (bicyclic) bond motifs is 1. The molecule has 1 fully saturated rings. The average Bonchev–Trinajstić information content (AvgIpc) is 3.21. The van der Waals surface area contributed by atoms with Gasteiger partial charge in [0, 0.05) is 19.5 Å². The Hall–Kier alpha value is -2.91. The third-order valence-corrected chi connectivity index (χ3v) is 5.92. The summed E-state index contributed by atoms with van der Waals surface area (Å²) in [7, 11) is 2.96. The second-order valence-electron chi connectivity index (χ2n) is 7.81. The van der Waals surface area contributed by atoms with Crippen molar-refractivity contribution in [1.29, 1.82) is 0 Å². The van der Waals surface area contributed by atoms with Crippen LogP contribution in [0.4, 0.5) is 19.0 Å². The molecule has 2 aliphatic rings. The van der Waals surface area contributed by atoms with Crippen LogP contribution in [0.25, 0.3) is 0 Å². The monoisotopic (exact) mass is 438 g/mol. The van der Waals surface area contributed by atoms with E-state index in [1.165, 1.54) is 20.4 Å². The number of aromatic nitrogens is 2. The SMILES string of the molecule is COc1ccc([C@@H]2C[C@@H](C(F)(F)F)n3ncc(C(=O)N4CCCCC4)c3N2)cc1OC. The summed E-state index contributed by atoms with van der Waals surface area (Å²) in [5, 5.41) is 7.08. The molecule has 1 aromatic heterocycles. The molecule has 2 aliphatic heterocycles. The van der Waals surface area contributed by atoms with Gasteiger partial charge >= 0.3 is 6.18 Å². The lowest BCUT2D eigenvalue weighted by atomic mass is 9.96. The van der Waals surface area contributed by atoms with Crippen LogP contribution in [-0.4, -0.2) is 54.1 Å². The van der Waals surface area contributed by atoms with Crippen LogP contribution in [0.2, 0.25) is 0 Å². The van der Waals surface area contributed by atoms with Gasteiger partial charge in [0.1, 0.15) is 11.4 Å². The molecule has 0 saturated carbocycles. The number of carbonyl (C=O) groups is 1. The van der Waals surface area contributed by atoms with E-state index >= 15 is 0 Å². The first kappa shape index (κ1) is 21.3. The van der Waals surface area contributed by atoms with Gasteiger partial charge in [-0.2, -0.15) is 18.3 Å². The highest BCUT2D eigenvalue weighted by atomic mass is 19.4. The molecule has 1 N–H and O–H groups in total. The normalized spacial score (nSPS) is 21.3. The van der Waals surface area contributed by atoms with Gasteiger partial charge in [0.15, 0.2) is 17.5 Å². The van der Waals surface area contributed by atoms with Crippen molar-refractivity contribution in [3.05, 3.63) is 35.5 Å². The minimum absolute atomic E-state index is 0.101. The van der Waals surface area contributed by atoms with E-state index in [1.807, 2.05) is 0 Å². The molecule has 7 nitrogen and oxygen atoms in total. The Balaban J connectivity index is 1.71. The van der Waals surface area contributed by atoms with Gasteiger partial charge in [-0.15, -0.1) is 0 Å². The zero-order valence-corrected chi connectivity index (χ0v) is 17.4. The Kier molecular flexibility index (Phi) is 5.72. The molecule has 0 bridgehead atoms. The fourth-order valence-corrected chi connectivity index (χ4v) is 4.27. The second-order valence-corrected chi connectivity index (χ2v) is 7.81. The third-order valence-electron chi connectivity index (χ3n) is 5.92. The van der Waals surface area contributed by atoms with Crippen molar-refractivity contribution < 1.29 is 27.4 Å². The highest BCUT2D eigenvalue weighted by molar-refractivity contribution is 5.99. The molecule has 10 heteroatoms. The Labute approximate surface area is 178 Å². The van der Waals surface area contributed by atoms with E-state index < -0.39 is 18.3 Å². The van der Waals surface area contributed by atoms with Gasteiger partial charge in [0.25, 0.3) is 5.91 Å². The molecule has 1 aromatic carbocycles. The van der Waals surface area contributed by atoms with Gasteiger partial charge in [-0.25, -0.2) is 4.68 Å². The van der Waals surface area contributed by atoms with Crippen LogP contribution in [-0.2, 0) is 0 Å². The fraction of sp³-hybridized carbons (Fsp3) is 0.524. The second kappa shape index (κ2) is 8.32. The van der Waals surface area contributed by atoms with E-state index in [0.717, 1.165) is 23.9 Å². The van der Waals surface area contributed by atoms with E-state index in [2.05, 4.69) is 10.4 Å². The molecule has 1 saturated heterocycles. The third kappa shape index (κ3) is 4.03. The summed E-state index contributed by atoms with van der Waals surface area (Å²) in [5.74, 6) is 0.723. The molecule has 2 atom stereocenters. The van der Waals surface area contributed by atoms with E-state index in [4.69, 9.17) is 9.47 Å². The molecule has 0 radical (unpaired) electrons. The molecular formula is C21H25F3N4O3. The number of anilines is 1. The quantitative estimate of drug-likeness (QED) is 0.776. The number of nitrogens with zero attached hydrogens (tertiary/aromatic N) is 3. The maximum atomic E-state index is 13.9. The summed E-state index contributed by atoms with van der Waals surface area (Å²) < 4.78 is 53.2. The number of hydrogen-bond acceptors (Lipinski definition) is 5. The van der Waals surface area contributed by atoms with E-state index in [0.29, 0.717) is 30.2 Å². The summed E-state index contributed by atoms with van der Waals surface area (Å²) in [6, 6.07) is 2.49. The van der Waals surface area contributed by atoms with Crippen LogP contribution < -0.4 is 14.8 Å². The Morgan fingerprint density at radius 2 is 1.84 bits per heavy atom. The molecule has 2 aromatic rings. The summed E-state index contributed by atoms with van der Waals surface area (Å²) in [4.78, 5) is 14.7. The van der Waals surface area contributed by atoms with Gasteiger partial charge in [0.05, 0.1) is 26.5 Å². The highest BCUT2D eigenvalue weighted by Crippen LogP contribution is 2.45. The van der Waals surface area contributed by atoms with Crippen LogP contribution in [0.1, 0.15) is 53.7 Å².